The van der Waals surface area contributed by atoms with Crippen molar-refractivity contribution in [1.82, 2.24) is 15.5 Å². The molecule has 2 aliphatic heterocycles. The molecule has 2 heterocycles. The Hall–Kier alpha value is -2.53. The first-order chi connectivity index (χ1) is 14.2. The van der Waals surface area contributed by atoms with Crippen molar-refractivity contribution in [3.05, 3.63) is 65.7 Å². The van der Waals surface area contributed by atoms with Gasteiger partial charge in [0.1, 0.15) is 0 Å². The molecule has 2 aliphatic rings. The van der Waals surface area contributed by atoms with Gasteiger partial charge in [-0.25, -0.2) is 4.79 Å². The minimum Gasteiger partial charge on any atom is -0.371 e. The molecule has 1 saturated heterocycles. The minimum atomic E-state index is -0.0487. The summed E-state index contributed by atoms with van der Waals surface area (Å²) in [6.07, 6.45) is 2.21. The largest absolute Gasteiger partial charge is 0.371 e. The third-order valence-corrected chi connectivity index (χ3v) is 6.30. The molecule has 2 atom stereocenters. The summed E-state index contributed by atoms with van der Waals surface area (Å²) in [6.45, 7) is 7.70. The van der Waals surface area contributed by atoms with Gasteiger partial charge in [0.15, 0.2) is 0 Å². The van der Waals surface area contributed by atoms with Gasteiger partial charge in [0, 0.05) is 51.0 Å². The Bertz CT molecular complexity index is 810. The zero-order valence-electron chi connectivity index (χ0n) is 17.3. The van der Waals surface area contributed by atoms with Gasteiger partial charge in [-0.05, 0) is 48.9 Å². The number of rotatable bonds is 6. The predicted octanol–water partition coefficient (Wildman–Crippen LogP) is 3.26. The Morgan fingerprint density at radius 1 is 1.03 bits per heavy atom. The molecule has 0 unspecified atom stereocenters. The van der Waals surface area contributed by atoms with Crippen LogP contribution >= 0.6 is 0 Å². The lowest BCUT2D eigenvalue weighted by Gasteiger charge is -2.33. The molecule has 0 radical (unpaired) electrons. The first-order valence-corrected chi connectivity index (χ1v) is 10.8. The van der Waals surface area contributed by atoms with Crippen molar-refractivity contribution in [2.75, 3.05) is 37.6 Å². The molecule has 5 nitrogen and oxygen atoms in total. The lowest BCUT2D eigenvalue weighted by Crippen LogP contribution is -2.47. The maximum absolute atomic E-state index is 12.3. The van der Waals surface area contributed by atoms with Crippen molar-refractivity contribution in [3.63, 3.8) is 0 Å². The summed E-state index contributed by atoms with van der Waals surface area (Å²) in [7, 11) is 0. The van der Waals surface area contributed by atoms with Crippen molar-refractivity contribution >= 4 is 11.7 Å². The van der Waals surface area contributed by atoms with Crippen LogP contribution in [0.2, 0.25) is 0 Å². The van der Waals surface area contributed by atoms with Crippen LogP contribution in [0, 0.1) is 5.92 Å². The van der Waals surface area contributed by atoms with Crippen LogP contribution < -0.4 is 15.5 Å². The number of nitrogens with one attached hydrogen (secondary N) is 2. The number of para-hydroxylation sites is 1. The normalized spacial score (nSPS) is 20.2. The van der Waals surface area contributed by atoms with E-state index >= 15 is 0 Å². The van der Waals surface area contributed by atoms with Crippen LogP contribution in [0.3, 0.4) is 0 Å². The maximum atomic E-state index is 12.3. The smallest absolute Gasteiger partial charge is 0.314 e. The molecule has 2 aromatic rings. The number of hydrogen-bond donors (Lipinski definition) is 2. The molecule has 0 aromatic heterocycles. The average molecular weight is 393 g/mol. The highest BCUT2D eigenvalue weighted by Crippen LogP contribution is 2.23. The predicted molar refractivity (Wildman–Crippen MR) is 118 cm³/mol. The number of benzene rings is 2. The molecule has 1 fully saturated rings. The summed E-state index contributed by atoms with van der Waals surface area (Å²) in [6, 6.07) is 19.5. The number of amides is 2. The van der Waals surface area contributed by atoms with Gasteiger partial charge in [-0.2, -0.15) is 0 Å². The van der Waals surface area contributed by atoms with Gasteiger partial charge in [0.2, 0.25) is 0 Å². The molecule has 0 saturated carbocycles. The fourth-order valence-corrected chi connectivity index (χ4v) is 4.44. The van der Waals surface area contributed by atoms with Crippen LogP contribution in [0.15, 0.2) is 54.6 Å². The van der Waals surface area contributed by atoms with Crippen molar-refractivity contribution in [2.24, 2.45) is 5.92 Å². The second-order valence-electron chi connectivity index (χ2n) is 8.37. The number of urea groups is 1. The number of carbonyl (C=O) groups is 1. The van der Waals surface area contributed by atoms with E-state index in [4.69, 9.17) is 0 Å². The van der Waals surface area contributed by atoms with Gasteiger partial charge in [-0.3, -0.25) is 4.90 Å². The lowest BCUT2D eigenvalue weighted by molar-refractivity contribution is 0.184. The number of fused-ring (bicyclic) bond motifs is 1. The Morgan fingerprint density at radius 2 is 1.79 bits per heavy atom. The minimum absolute atomic E-state index is 0.0487. The Balaban J connectivity index is 1.16. The number of anilines is 1. The van der Waals surface area contributed by atoms with Gasteiger partial charge in [-0.1, -0.05) is 42.5 Å². The topological polar surface area (TPSA) is 47.6 Å². The molecule has 0 bridgehead atoms. The Labute approximate surface area is 174 Å². The fraction of sp³-hybridized carbons (Fsp3) is 0.458. The molecule has 29 heavy (non-hydrogen) atoms. The second-order valence-corrected chi connectivity index (χ2v) is 8.37. The van der Waals surface area contributed by atoms with Crippen molar-refractivity contribution < 1.29 is 4.79 Å². The molecule has 0 aliphatic carbocycles. The maximum Gasteiger partial charge on any atom is 0.314 e. The number of carbonyl (C=O) groups excluding carboxylic acids is 1. The van der Waals surface area contributed by atoms with Crippen LogP contribution in [0.4, 0.5) is 10.5 Å². The van der Waals surface area contributed by atoms with Gasteiger partial charge in [0.25, 0.3) is 0 Å². The van der Waals surface area contributed by atoms with Crippen LogP contribution in [-0.4, -0.2) is 49.7 Å². The standard InChI is InChI=1S/C24H32N4O/c1-19(27-14-12-21-7-5-6-8-22(21)18-27)15-25-24(29)26-16-20-11-13-28(17-20)23-9-3-2-4-10-23/h2-10,19-20H,11-18H2,1H3,(H2,25,26,29)/t19-,20-/m0/s1. The van der Waals surface area contributed by atoms with Gasteiger partial charge >= 0.3 is 6.03 Å². The van der Waals surface area contributed by atoms with Crippen molar-refractivity contribution in [3.8, 4) is 0 Å². The zero-order valence-corrected chi connectivity index (χ0v) is 17.3. The van der Waals surface area contributed by atoms with E-state index in [2.05, 4.69) is 75.9 Å². The molecule has 2 N–H and O–H groups in total. The van der Waals surface area contributed by atoms with E-state index in [1.807, 2.05) is 6.07 Å². The van der Waals surface area contributed by atoms with Gasteiger partial charge in [0.05, 0.1) is 0 Å². The van der Waals surface area contributed by atoms with Crippen LogP contribution in [0.25, 0.3) is 0 Å². The van der Waals surface area contributed by atoms with Crippen LogP contribution in [0.5, 0.6) is 0 Å². The first kappa shape index (κ1) is 19.8. The average Bonchev–Trinajstić information content (AvgIpc) is 3.25. The van der Waals surface area contributed by atoms with Gasteiger partial charge in [-0.15, -0.1) is 0 Å². The van der Waals surface area contributed by atoms with Crippen molar-refractivity contribution in [2.45, 2.75) is 32.4 Å². The van der Waals surface area contributed by atoms with Gasteiger partial charge < -0.3 is 15.5 Å². The molecule has 154 valence electrons. The summed E-state index contributed by atoms with van der Waals surface area (Å²) >= 11 is 0. The quantitative estimate of drug-likeness (QED) is 0.793. The highest BCUT2D eigenvalue weighted by Gasteiger charge is 2.24. The van der Waals surface area contributed by atoms with E-state index in [9.17, 15) is 4.79 Å². The fourth-order valence-electron chi connectivity index (χ4n) is 4.44. The lowest BCUT2D eigenvalue weighted by atomic mass is 9.99. The molecule has 2 amide bonds. The van der Waals surface area contributed by atoms with E-state index in [0.717, 1.165) is 45.6 Å². The zero-order chi connectivity index (χ0) is 20.1. The summed E-state index contributed by atoms with van der Waals surface area (Å²) in [5, 5.41) is 6.14. The number of hydrogen-bond acceptors (Lipinski definition) is 3. The summed E-state index contributed by atoms with van der Waals surface area (Å²) in [4.78, 5) is 17.1. The van der Waals surface area contributed by atoms with Crippen LogP contribution in [-0.2, 0) is 13.0 Å². The highest BCUT2D eigenvalue weighted by molar-refractivity contribution is 5.73. The summed E-state index contributed by atoms with van der Waals surface area (Å²) in [5.74, 6) is 0.511. The SMILES string of the molecule is C[C@@H](CNC(=O)NC[C@@H]1CCN(c2ccccc2)C1)N1CCc2ccccc2C1. The molecular formula is C24H32N4O. The number of nitrogens with zero attached hydrogens (tertiary/aromatic N) is 2. The Kier molecular flexibility index (Phi) is 6.35. The molecule has 2 aromatic carbocycles. The Morgan fingerprint density at radius 3 is 2.62 bits per heavy atom. The van der Waals surface area contributed by atoms with Crippen molar-refractivity contribution in [1.29, 1.82) is 0 Å². The molecule has 0 spiro atoms. The highest BCUT2D eigenvalue weighted by atomic mass is 16.2. The second kappa shape index (κ2) is 9.31. The van der Waals surface area contributed by atoms with E-state index in [-0.39, 0.29) is 6.03 Å². The van der Waals surface area contributed by atoms with E-state index in [1.54, 1.807) is 0 Å². The summed E-state index contributed by atoms with van der Waals surface area (Å²) in [5.41, 5.74) is 4.15. The monoisotopic (exact) mass is 392 g/mol. The van der Waals surface area contributed by atoms with E-state index in [1.165, 1.54) is 16.8 Å². The molecule has 5 heteroatoms. The third kappa shape index (κ3) is 5.10. The third-order valence-electron chi connectivity index (χ3n) is 6.30. The summed E-state index contributed by atoms with van der Waals surface area (Å²) < 4.78 is 0. The molecule has 4 rings (SSSR count). The molecular weight excluding hydrogens is 360 g/mol. The first-order valence-electron chi connectivity index (χ1n) is 10.8. The van der Waals surface area contributed by atoms with Crippen LogP contribution in [0.1, 0.15) is 24.5 Å². The van der Waals surface area contributed by atoms with E-state index in [0.29, 0.717) is 18.5 Å². The van der Waals surface area contributed by atoms with E-state index < -0.39 is 0 Å².